The zero-order valence-corrected chi connectivity index (χ0v) is 13.4. The Hall–Kier alpha value is -2.14. The highest BCUT2D eigenvalue weighted by Crippen LogP contribution is 2.37. The average Bonchev–Trinajstić information content (AvgIpc) is 2.84. The van der Waals surface area contributed by atoms with E-state index in [9.17, 15) is 9.59 Å². The molecule has 2 unspecified atom stereocenters. The zero-order chi connectivity index (χ0) is 16.1. The van der Waals surface area contributed by atoms with E-state index in [1.807, 2.05) is 12.1 Å². The molecule has 0 amide bonds. The molecule has 2 aromatic rings. The molecule has 1 aliphatic carbocycles. The summed E-state index contributed by atoms with van der Waals surface area (Å²) in [5, 5.41) is 8.49. The Labute approximate surface area is 138 Å². The molecule has 2 heterocycles. The fourth-order valence-electron chi connectivity index (χ4n) is 3.61. The van der Waals surface area contributed by atoms with Gasteiger partial charge in [0.15, 0.2) is 5.78 Å². The lowest BCUT2D eigenvalue weighted by Gasteiger charge is -2.34. The lowest BCUT2D eigenvalue weighted by molar-refractivity contribution is -0.123. The molecule has 118 valence electrons. The van der Waals surface area contributed by atoms with Crippen molar-refractivity contribution in [1.29, 1.82) is 0 Å². The highest BCUT2D eigenvalue weighted by atomic mass is 35.5. The number of hydrogen-bond donors (Lipinski definition) is 1. The Morgan fingerprint density at radius 1 is 1.35 bits per heavy atom. The van der Waals surface area contributed by atoms with E-state index in [0.29, 0.717) is 28.5 Å². The molecule has 1 fully saturated rings. The molecule has 23 heavy (non-hydrogen) atoms. The van der Waals surface area contributed by atoms with Gasteiger partial charge in [0.2, 0.25) is 0 Å². The first-order chi connectivity index (χ1) is 11.1. The SMILES string of the molecule is Cc1nn(-c2cccc(Cl)c2)c2c1C(=O)C1C(=O)CCCC1N2. The summed E-state index contributed by atoms with van der Waals surface area (Å²) in [7, 11) is 0. The lowest BCUT2D eigenvalue weighted by atomic mass is 9.76. The van der Waals surface area contributed by atoms with Gasteiger partial charge in [-0.3, -0.25) is 9.59 Å². The first-order valence-corrected chi connectivity index (χ1v) is 8.13. The molecule has 1 saturated carbocycles. The van der Waals surface area contributed by atoms with Crippen LogP contribution in [0.25, 0.3) is 5.69 Å². The van der Waals surface area contributed by atoms with Crippen molar-refractivity contribution < 1.29 is 9.59 Å². The third kappa shape index (κ3) is 2.18. The summed E-state index contributed by atoms with van der Waals surface area (Å²) < 4.78 is 1.71. The number of Topliss-reactive ketones (excluding diaryl/α,β-unsaturated/α-hetero) is 2. The molecule has 6 heteroatoms. The van der Waals surface area contributed by atoms with Crippen molar-refractivity contribution in [1.82, 2.24) is 9.78 Å². The number of halogens is 1. The van der Waals surface area contributed by atoms with Crippen molar-refractivity contribution >= 4 is 29.0 Å². The van der Waals surface area contributed by atoms with E-state index >= 15 is 0 Å². The third-order valence-corrected chi connectivity index (χ3v) is 4.89. The number of aryl methyl sites for hydroxylation is 1. The van der Waals surface area contributed by atoms with E-state index in [0.717, 1.165) is 18.5 Å². The Balaban J connectivity index is 1.86. The molecule has 1 aliphatic heterocycles. The van der Waals surface area contributed by atoms with Gasteiger partial charge in [-0.1, -0.05) is 17.7 Å². The fourth-order valence-corrected chi connectivity index (χ4v) is 3.79. The summed E-state index contributed by atoms with van der Waals surface area (Å²) >= 11 is 6.07. The molecule has 4 rings (SSSR count). The van der Waals surface area contributed by atoms with Crippen LogP contribution in [0.1, 0.15) is 35.3 Å². The number of carbonyl (C=O) groups excluding carboxylic acids is 2. The molecule has 0 bridgehead atoms. The molecular weight excluding hydrogens is 314 g/mol. The number of carbonyl (C=O) groups is 2. The molecular formula is C17H16ClN3O2. The van der Waals surface area contributed by atoms with Gasteiger partial charge in [0, 0.05) is 17.5 Å². The number of ketones is 2. The van der Waals surface area contributed by atoms with Crippen molar-refractivity contribution in [3.05, 3.63) is 40.5 Å². The second-order valence-corrected chi connectivity index (χ2v) is 6.59. The summed E-state index contributed by atoms with van der Waals surface area (Å²) in [6.07, 6.45) is 2.13. The zero-order valence-electron chi connectivity index (χ0n) is 12.7. The Bertz CT molecular complexity index is 827. The van der Waals surface area contributed by atoms with E-state index in [1.165, 1.54) is 0 Å². The topological polar surface area (TPSA) is 64.0 Å². The first-order valence-electron chi connectivity index (χ1n) is 7.75. The fraction of sp³-hybridized carbons (Fsp3) is 0.353. The van der Waals surface area contributed by atoms with Crippen LogP contribution in [0.5, 0.6) is 0 Å². The molecule has 5 nitrogen and oxygen atoms in total. The maximum atomic E-state index is 12.9. The van der Waals surface area contributed by atoms with E-state index in [4.69, 9.17) is 11.6 Å². The van der Waals surface area contributed by atoms with Gasteiger partial charge in [-0.15, -0.1) is 0 Å². The molecule has 0 radical (unpaired) electrons. The minimum Gasteiger partial charge on any atom is -0.365 e. The van der Waals surface area contributed by atoms with Crippen LogP contribution in [0.3, 0.4) is 0 Å². The molecule has 2 aliphatic rings. The van der Waals surface area contributed by atoms with Crippen molar-refractivity contribution in [2.45, 2.75) is 32.2 Å². The van der Waals surface area contributed by atoms with E-state index in [2.05, 4.69) is 10.4 Å². The van der Waals surface area contributed by atoms with Gasteiger partial charge in [0.1, 0.15) is 17.5 Å². The van der Waals surface area contributed by atoms with E-state index in [-0.39, 0.29) is 17.6 Å². The third-order valence-electron chi connectivity index (χ3n) is 4.65. The summed E-state index contributed by atoms with van der Waals surface area (Å²) in [6, 6.07) is 7.20. The van der Waals surface area contributed by atoms with Gasteiger partial charge < -0.3 is 5.32 Å². The second kappa shape index (κ2) is 5.20. The molecule has 0 saturated heterocycles. The van der Waals surface area contributed by atoms with Crippen molar-refractivity contribution in [3.8, 4) is 5.69 Å². The summed E-state index contributed by atoms with van der Waals surface area (Å²) in [5.74, 6) is 0.0520. The highest BCUT2D eigenvalue weighted by Gasteiger charge is 2.44. The van der Waals surface area contributed by atoms with Gasteiger partial charge in [0.25, 0.3) is 0 Å². The van der Waals surface area contributed by atoms with Crippen LogP contribution < -0.4 is 5.32 Å². The van der Waals surface area contributed by atoms with Crippen molar-refractivity contribution in [2.75, 3.05) is 5.32 Å². The van der Waals surface area contributed by atoms with Crippen molar-refractivity contribution in [2.24, 2.45) is 5.92 Å². The molecule has 2 atom stereocenters. The maximum absolute atomic E-state index is 12.9. The summed E-state index contributed by atoms with van der Waals surface area (Å²) in [5.41, 5.74) is 1.96. The Morgan fingerprint density at radius 3 is 2.96 bits per heavy atom. The number of hydrogen-bond acceptors (Lipinski definition) is 4. The lowest BCUT2D eigenvalue weighted by Crippen LogP contribution is -2.46. The van der Waals surface area contributed by atoms with Crippen LogP contribution in [-0.2, 0) is 4.79 Å². The molecule has 1 N–H and O–H groups in total. The number of aromatic nitrogens is 2. The van der Waals surface area contributed by atoms with Crippen LogP contribution in [-0.4, -0.2) is 27.4 Å². The monoisotopic (exact) mass is 329 g/mol. The molecule has 1 aromatic carbocycles. The van der Waals surface area contributed by atoms with Gasteiger partial charge in [-0.25, -0.2) is 4.68 Å². The Kier molecular flexibility index (Phi) is 3.27. The minimum atomic E-state index is -0.563. The predicted molar refractivity (Wildman–Crippen MR) is 87.4 cm³/mol. The van der Waals surface area contributed by atoms with Crippen LogP contribution in [0.15, 0.2) is 24.3 Å². The van der Waals surface area contributed by atoms with E-state index in [1.54, 1.807) is 23.7 Å². The summed E-state index contributed by atoms with van der Waals surface area (Å²) in [6.45, 7) is 1.80. The van der Waals surface area contributed by atoms with Gasteiger partial charge in [-0.05, 0) is 38.0 Å². The van der Waals surface area contributed by atoms with Crippen LogP contribution in [0, 0.1) is 12.8 Å². The molecule has 1 aromatic heterocycles. The average molecular weight is 330 g/mol. The van der Waals surface area contributed by atoms with Gasteiger partial charge in [0.05, 0.1) is 16.9 Å². The number of fused-ring (bicyclic) bond motifs is 2. The summed E-state index contributed by atoms with van der Waals surface area (Å²) in [4.78, 5) is 25.0. The van der Waals surface area contributed by atoms with Crippen LogP contribution in [0.4, 0.5) is 5.82 Å². The van der Waals surface area contributed by atoms with Crippen LogP contribution in [0.2, 0.25) is 5.02 Å². The standard InChI is InChI=1S/C17H16ClN3O2/c1-9-14-16(23)15-12(6-3-7-13(15)22)19-17(14)21(20-9)11-5-2-4-10(18)8-11/h2,4-5,8,12,15,19H,3,6-7H2,1H3. The number of benzene rings is 1. The second-order valence-electron chi connectivity index (χ2n) is 6.15. The number of rotatable bonds is 1. The number of nitrogens with zero attached hydrogens (tertiary/aromatic N) is 2. The van der Waals surface area contributed by atoms with E-state index < -0.39 is 5.92 Å². The maximum Gasteiger partial charge on any atom is 0.181 e. The van der Waals surface area contributed by atoms with Gasteiger partial charge >= 0.3 is 0 Å². The van der Waals surface area contributed by atoms with Gasteiger partial charge in [-0.2, -0.15) is 5.10 Å². The highest BCUT2D eigenvalue weighted by molar-refractivity contribution is 6.30. The first kappa shape index (κ1) is 14.5. The molecule has 0 spiro atoms. The minimum absolute atomic E-state index is 0.0410. The number of anilines is 1. The number of nitrogens with one attached hydrogen (secondary N) is 1. The van der Waals surface area contributed by atoms with Crippen molar-refractivity contribution in [3.63, 3.8) is 0 Å². The largest absolute Gasteiger partial charge is 0.365 e. The smallest absolute Gasteiger partial charge is 0.181 e. The predicted octanol–water partition coefficient (Wildman–Crippen LogP) is 3.18. The van der Waals surface area contributed by atoms with Crippen LogP contribution >= 0.6 is 11.6 Å². The quantitative estimate of drug-likeness (QED) is 0.816. The Morgan fingerprint density at radius 2 is 2.17 bits per heavy atom. The normalized spacial score (nSPS) is 23.2.